The molecule has 1 rings (SSSR count). The Labute approximate surface area is 106 Å². The van der Waals surface area contributed by atoms with Gasteiger partial charge in [-0.15, -0.1) is 0 Å². The molecule has 13 heavy (non-hydrogen) atoms. The zero-order chi connectivity index (χ0) is 10.2. The molecule has 0 saturated carbocycles. The number of ether oxygens (including phenoxy) is 1. The Kier molecular flexibility index (Phi) is 3.48. The highest BCUT2D eigenvalue weighted by Crippen LogP contribution is 2.30. The van der Waals surface area contributed by atoms with Crippen LogP contribution in [0.25, 0.3) is 0 Å². The van der Waals surface area contributed by atoms with Gasteiger partial charge in [-0.3, -0.25) is 0 Å². The fraction of sp³-hybridized carbons (Fsp3) is 0.625. The number of methoxy groups -OCH3 is 1. The van der Waals surface area contributed by atoms with Crippen LogP contribution in [-0.4, -0.2) is 16.9 Å². The molecule has 0 spiro atoms. The maximum absolute atomic E-state index is 5.25. The van der Waals surface area contributed by atoms with E-state index in [0.29, 0.717) is 0 Å². The molecule has 0 N–H and O–H groups in total. The van der Waals surface area contributed by atoms with Gasteiger partial charge in [-0.1, -0.05) is 0 Å². The lowest BCUT2D eigenvalue weighted by Gasteiger charge is -2.20. The van der Waals surface area contributed by atoms with E-state index < -0.39 is 0 Å². The van der Waals surface area contributed by atoms with Crippen LogP contribution in [0, 0.1) is 7.40 Å². The molecule has 0 aliphatic carbocycles. The minimum absolute atomic E-state index is 0.00717. The molecule has 0 aliphatic rings. The van der Waals surface area contributed by atoms with Crippen molar-refractivity contribution >= 4 is 45.2 Å². The average Bonchev–Trinajstić information content (AvgIpc) is 2.25. The second kappa shape index (κ2) is 3.92. The van der Waals surface area contributed by atoms with Crippen molar-refractivity contribution in [1.29, 1.82) is 0 Å². The molecule has 0 aliphatic heterocycles. The Morgan fingerprint density at radius 1 is 1.31 bits per heavy atom. The molecule has 74 valence electrons. The highest BCUT2D eigenvalue weighted by Gasteiger charge is 2.22. The molecule has 1 heterocycles. The monoisotopic (exact) mass is 406 g/mol. The van der Waals surface area contributed by atoms with Gasteiger partial charge >= 0.3 is 0 Å². The van der Waals surface area contributed by atoms with Gasteiger partial charge in [0.1, 0.15) is 3.70 Å². The number of rotatable bonds is 1. The zero-order valence-electron chi connectivity index (χ0n) is 8.06. The fourth-order valence-corrected chi connectivity index (χ4v) is 3.49. The Hall–Kier alpha value is 0.470. The largest absolute Gasteiger partial charge is 0.491 e. The van der Waals surface area contributed by atoms with Gasteiger partial charge in [-0.2, -0.15) is 5.10 Å². The van der Waals surface area contributed by atoms with Gasteiger partial charge in [0.05, 0.1) is 12.6 Å². The smallest absolute Gasteiger partial charge is 0.184 e. The molecule has 0 fully saturated rings. The number of hydrogen-bond acceptors (Lipinski definition) is 2. The first-order valence-electron chi connectivity index (χ1n) is 3.86. The summed E-state index contributed by atoms with van der Waals surface area (Å²) in [4.78, 5) is 0. The second-order valence-electron chi connectivity index (χ2n) is 3.70. The molecule has 3 nitrogen and oxygen atoms in total. The van der Waals surface area contributed by atoms with Crippen molar-refractivity contribution in [2.24, 2.45) is 0 Å². The van der Waals surface area contributed by atoms with Crippen LogP contribution in [0.3, 0.4) is 0 Å². The lowest BCUT2D eigenvalue weighted by molar-refractivity contribution is 0.341. The van der Waals surface area contributed by atoms with Crippen LogP contribution < -0.4 is 4.74 Å². The molecular formula is C8H12I2N2O. The molecule has 0 saturated heterocycles. The van der Waals surface area contributed by atoms with E-state index >= 15 is 0 Å². The Morgan fingerprint density at radius 3 is 2.08 bits per heavy atom. The van der Waals surface area contributed by atoms with Crippen LogP contribution in [0.15, 0.2) is 0 Å². The first kappa shape index (κ1) is 11.5. The molecule has 0 aromatic carbocycles. The van der Waals surface area contributed by atoms with Crippen molar-refractivity contribution in [2.75, 3.05) is 7.11 Å². The van der Waals surface area contributed by atoms with Crippen molar-refractivity contribution in [2.45, 2.75) is 26.3 Å². The third kappa shape index (κ3) is 2.28. The molecule has 0 unspecified atom stereocenters. The van der Waals surface area contributed by atoms with Crippen LogP contribution in [-0.2, 0) is 5.54 Å². The predicted octanol–water partition coefficient (Wildman–Crippen LogP) is 2.86. The summed E-state index contributed by atoms with van der Waals surface area (Å²) in [5.74, 6) is 0.871. The standard InChI is InChI=1S/C8H12I2N2O/c1-8(2,3)12-7(10)5(13-4)6(9)11-12/h1-4H3. The third-order valence-corrected chi connectivity index (χ3v) is 3.24. The predicted molar refractivity (Wildman–Crippen MR) is 69.2 cm³/mol. The van der Waals surface area contributed by atoms with Gasteiger partial charge < -0.3 is 4.74 Å². The summed E-state index contributed by atoms with van der Waals surface area (Å²) < 4.78 is 9.20. The summed E-state index contributed by atoms with van der Waals surface area (Å²) in [7, 11) is 1.67. The first-order chi connectivity index (χ1) is 5.88. The molecule has 0 bridgehead atoms. The van der Waals surface area contributed by atoms with Gasteiger partial charge in [-0.25, -0.2) is 4.68 Å². The van der Waals surface area contributed by atoms with Crippen LogP contribution in [0.1, 0.15) is 20.8 Å². The summed E-state index contributed by atoms with van der Waals surface area (Å²) >= 11 is 4.44. The van der Waals surface area contributed by atoms with Crippen LogP contribution in [0.5, 0.6) is 5.75 Å². The Bertz CT molecular complexity index is 315. The lowest BCUT2D eigenvalue weighted by atomic mass is 10.1. The minimum Gasteiger partial charge on any atom is -0.491 e. The topological polar surface area (TPSA) is 27.1 Å². The average molecular weight is 406 g/mol. The summed E-state index contributed by atoms with van der Waals surface area (Å²) in [5, 5.41) is 4.42. The molecule has 0 atom stereocenters. The summed E-state index contributed by atoms with van der Waals surface area (Å²) in [6.07, 6.45) is 0. The van der Waals surface area contributed by atoms with Gasteiger partial charge in [0.2, 0.25) is 0 Å². The summed E-state index contributed by atoms with van der Waals surface area (Å²) in [6, 6.07) is 0. The van der Waals surface area contributed by atoms with E-state index in [1.54, 1.807) is 7.11 Å². The summed E-state index contributed by atoms with van der Waals surface area (Å²) in [6.45, 7) is 6.37. The van der Waals surface area contributed by atoms with Crippen LogP contribution >= 0.6 is 45.2 Å². The molecule has 0 radical (unpaired) electrons. The van der Waals surface area contributed by atoms with E-state index in [-0.39, 0.29) is 5.54 Å². The third-order valence-electron chi connectivity index (χ3n) is 1.59. The van der Waals surface area contributed by atoms with Gasteiger partial charge in [-0.05, 0) is 66.0 Å². The van der Waals surface area contributed by atoms with E-state index in [9.17, 15) is 0 Å². The van der Waals surface area contributed by atoms with Crippen LogP contribution in [0.2, 0.25) is 0 Å². The van der Waals surface area contributed by atoms with Crippen LogP contribution in [0.4, 0.5) is 0 Å². The first-order valence-corrected chi connectivity index (χ1v) is 6.02. The molecular weight excluding hydrogens is 394 g/mol. The quantitative estimate of drug-likeness (QED) is 0.672. The zero-order valence-corrected chi connectivity index (χ0v) is 12.4. The van der Waals surface area contributed by atoms with E-state index in [0.717, 1.165) is 13.2 Å². The minimum atomic E-state index is 0.00717. The number of halogens is 2. The molecule has 0 amide bonds. The van der Waals surface area contributed by atoms with Crippen molar-refractivity contribution in [1.82, 2.24) is 9.78 Å². The van der Waals surface area contributed by atoms with Crippen molar-refractivity contribution in [3.8, 4) is 5.75 Å². The highest BCUT2D eigenvalue weighted by molar-refractivity contribution is 14.1. The maximum Gasteiger partial charge on any atom is 0.184 e. The normalized spacial score (nSPS) is 11.8. The maximum atomic E-state index is 5.25. The van der Waals surface area contributed by atoms with Crippen molar-refractivity contribution in [3.63, 3.8) is 0 Å². The summed E-state index contributed by atoms with van der Waals surface area (Å²) in [5.41, 5.74) is 0.00717. The number of hydrogen-bond donors (Lipinski definition) is 0. The van der Waals surface area contributed by atoms with E-state index in [1.807, 2.05) is 4.68 Å². The molecule has 1 aromatic heterocycles. The van der Waals surface area contributed by atoms with Crippen molar-refractivity contribution in [3.05, 3.63) is 7.40 Å². The number of aromatic nitrogens is 2. The highest BCUT2D eigenvalue weighted by atomic mass is 127. The van der Waals surface area contributed by atoms with E-state index in [1.165, 1.54) is 0 Å². The van der Waals surface area contributed by atoms with Crippen molar-refractivity contribution < 1.29 is 4.74 Å². The fourth-order valence-electron chi connectivity index (χ4n) is 0.971. The SMILES string of the molecule is COc1c(I)nn(C(C)(C)C)c1I. The molecule has 1 aromatic rings. The van der Waals surface area contributed by atoms with E-state index in [4.69, 9.17) is 4.74 Å². The molecule has 5 heteroatoms. The van der Waals surface area contributed by atoms with Gasteiger partial charge in [0.15, 0.2) is 9.45 Å². The van der Waals surface area contributed by atoms with E-state index in [2.05, 4.69) is 71.1 Å². The number of nitrogens with zero attached hydrogens (tertiary/aromatic N) is 2. The Balaban J connectivity index is 3.26. The lowest BCUT2D eigenvalue weighted by Crippen LogP contribution is -2.24. The van der Waals surface area contributed by atoms with Gasteiger partial charge in [0.25, 0.3) is 0 Å². The van der Waals surface area contributed by atoms with Gasteiger partial charge in [0, 0.05) is 0 Å². The Morgan fingerprint density at radius 2 is 1.85 bits per heavy atom. The second-order valence-corrected chi connectivity index (χ2v) is 5.74.